The number of hydrogen-bond acceptors (Lipinski definition) is 3. The molecule has 3 aliphatic rings. The van der Waals surface area contributed by atoms with Crippen molar-refractivity contribution in [3.05, 3.63) is 192 Å². The number of nitrogens with zero attached hydrogens (tertiary/aromatic N) is 4. The molecule has 6 aromatic carbocycles. The van der Waals surface area contributed by atoms with Gasteiger partial charge in [-0.1, -0.05) is 164 Å². The molecule has 2 aromatic heterocycles. The summed E-state index contributed by atoms with van der Waals surface area (Å²) in [6.07, 6.45) is 9.32. The molecule has 4 nitrogen and oxygen atoms in total. The first-order valence-corrected chi connectivity index (χ1v) is 17.3. The van der Waals surface area contributed by atoms with Crippen molar-refractivity contribution in [2.75, 3.05) is 0 Å². The summed E-state index contributed by atoms with van der Waals surface area (Å²) < 4.78 is 2.33. The predicted octanol–water partition coefficient (Wildman–Crippen LogP) is 10.5. The standard InChI is InChI=1S/C46H30N4/c1-3-15-29(16-4-1)43-47-44(30-17-5-2-6-18-30)49-45(48-43)50-40-26-14-10-22-34(40)36-28-27-35-33-21-9-13-25-39(33)46(41(35)42(36)50)37-23-11-7-19-31(37)32-20-8-12-24-38(32)46/h1-28,31,37H. The fraction of sp³-hybridized carbons (Fsp3) is 0.0652. The lowest BCUT2D eigenvalue weighted by atomic mass is 9.65. The third kappa shape index (κ3) is 3.57. The lowest BCUT2D eigenvalue weighted by Gasteiger charge is -2.36. The normalized spacial score (nSPS) is 19.5. The Kier molecular flexibility index (Phi) is 5.68. The van der Waals surface area contributed by atoms with Gasteiger partial charge >= 0.3 is 0 Å². The minimum atomic E-state index is -0.405. The maximum absolute atomic E-state index is 5.30. The van der Waals surface area contributed by atoms with Crippen molar-refractivity contribution in [1.82, 2.24) is 19.5 Å². The second-order valence-electron chi connectivity index (χ2n) is 13.5. The molecule has 1 spiro atoms. The zero-order chi connectivity index (χ0) is 32.8. The molecular weight excluding hydrogens is 609 g/mol. The van der Waals surface area contributed by atoms with E-state index in [9.17, 15) is 0 Å². The van der Waals surface area contributed by atoms with Gasteiger partial charge in [-0.25, -0.2) is 4.98 Å². The van der Waals surface area contributed by atoms with Crippen LogP contribution in [0.3, 0.4) is 0 Å². The number of rotatable bonds is 3. The first kappa shape index (κ1) is 27.5. The molecule has 0 N–H and O–H groups in total. The van der Waals surface area contributed by atoms with Crippen LogP contribution >= 0.6 is 0 Å². The van der Waals surface area contributed by atoms with Gasteiger partial charge in [-0.15, -0.1) is 0 Å². The van der Waals surface area contributed by atoms with Gasteiger partial charge in [-0.05, 0) is 33.9 Å². The Morgan fingerprint density at radius 3 is 1.92 bits per heavy atom. The first-order chi connectivity index (χ1) is 24.8. The highest BCUT2D eigenvalue weighted by Gasteiger charge is 2.58. The molecule has 3 atom stereocenters. The zero-order valence-electron chi connectivity index (χ0n) is 27.1. The highest BCUT2D eigenvalue weighted by Crippen LogP contribution is 2.66. The summed E-state index contributed by atoms with van der Waals surface area (Å²) in [5, 5.41) is 2.38. The van der Waals surface area contributed by atoms with Crippen molar-refractivity contribution < 1.29 is 0 Å². The number of allylic oxidation sites excluding steroid dienone is 4. The second kappa shape index (κ2) is 10.3. The smallest absolute Gasteiger partial charge is 0.238 e. The molecule has 0 bridgehead atoms. The number of hydrogen-bond donors (Lipinski definition) is 0. The fourth-order valence-corrected chi connectivity index (χ4v) is 9.25. The molecule has 234 valence electrons. The van der Waals surface area contributed by atoms with Crippen LogP contribution in [-0.2, 0) is 5.41 Å². The van der Waals surface area contributed by atoms with Gasteiger partial charge in [-0.3, -0.25) is 4.57 Å². The van der Waals surface area contributed by atoms with E-state index in [1.807, 2.05) is 36.4 Å². The van der Waals surface area contributed by atoms with Gasteiger partial charge in [0.05, 0.1) is 16.4 Å². The average molecular weight is 639 g/mol. The molecular formula is C46H30N4. The van der Waals surface area contributed by atoms with Gasteiger partial charge in [0.1, 0.15) is 0 Å². The van der Waals surface area contributed by atoms with Crippen molar-refractivity contribution in [2.45, 2.75) is 11.3 Å². The van der Waals surface area contributed by atoms with Crippen molar-refractivity contribution in [3.63, 3.8) is 0 Å². The van der Waals surface area contributed by atoms with Crippen LogP contribution in [0.4, 0.5) is 0 Å². The van der Waals surface area contributed by atoms with E-state index in [4.69, 9.17) is 15.0 Å². The van der Waals surface area contributed by atoms with Crippen LogP contribution in [0, 0.1) is 5.92 Å². The molecule has 11 rings (SSSR count). The molecule has 0 fully saturated rings. The van der Waals surface area contributed by atoms with Gasteiger partial charge in [0.15, 0.2) is 11.6 Å². The Bertz CT molecular complexity index is 2660. The Balaban J connectivity index is 1.32. The lowest BCUT2D eigenvalue weighted by molar-refractivity contribution is 0.467. The second-order valence-corrected chi connectivity index (χ2v) is 13.5. The number of benzene rings is 6. The minimum absolute atomic E-state index is 0.211. The summed E-state index contributed by atoms with van der Waals surface area (Å²) in [4.78, 5) is 15.7. The van der Waals surface area contributed by atoms with E-state index in [0.717, 1.165) is 22.2 Å². The van der Waals surface area contributed by atoms with Crippen LogP contribution in [0.25, 0.3) is 61.7 Å². The van der Waals surface area contributed by atoms with E-state index in [-0.39, 0.29) is 11.8 Å². The number of para-hydroxylation sites is 1. The Morgan fingerprint density at radius 2 is 1.14 bits per heavy atom. The Labute approximate surface area is 289 Å². The maximum Gasteiger partial charge on any atom is 0.238 e. The summed E-state index contributed by atoms with van der Waals surface area (Å²) in [7, 11) is 0. The molecule has 0 saturated heterocycles. The third-order valence-corrected chi connectivity index (χ3v) is 11.1. The van der Waals surface area contributed by atoms with Gasteiger partial charge < -0.3 is 0 Å². The van der Waals surface area contributed by atoms with E-state index in [1.54, 1.807) is 0 Å². The predicted molar refractivity (Wildman–Crippen MR) is 201 cm³/mol. The largest absolute Gasteiger partial charge is 0.277 e. The quantitative estimate of drug-likeness (QED) is 0.193. The van der Waals surface area contributed by atoms with Crippen LogP contribution in [0.5, 0.6) is 0 Å². The first-order valence-electron chi connectivity index (χ1n) is 17.3. The number of aromatic nitrogens is 4. The van der Waals surface area contributed by atoms with E-state index >= 15 is 0 Å². The Morgan fingerprint density at radius 1 is 0.500 bits per heavy atom. The van der Waals surface area contributed by atoms with Crippen LogP contribution in [0.15, 0.2) is 170 Å². The molecule has 3 unspecified atom stereocenters. The highest BCUT2D eigenvalue weighted by atomic mass is 15.2. The van der Waals surface area contributed by atoms with E-state index < -0.39 is 5.41 Å². The molecule has 0 saturated carbocycles. The van der Waals surface area contributed by atoms with Crippen LogP contribution in [0.2, 0.25) is 0 Å². The van der Waals surface area contributed by atoms with Gasteiger partial charge in [0.2, 0.25) is 5.95 Å². The SMILES string of the molecule is C1=CC2c3ccccc3C3(c4ccccc4-c4ccc5c6ccccc6n(-c6nc(-c7ccccc7)nc(-c7ccccc7)n6)c5c43)C2C=C1. The summed E-state index contributed by atoms with van der Waals surface area (Å²) in [6, 6.07) is 52.0. The molecule has 3 aliphatic carbocycles. The third-order valence-electron chi connectivity index (χ3n) is 11.1. The lowest BCUT2D eigenvalue weighted by Crippen LogP contribution is -2.33. The van der Waals surface area contributed by atoms with Gasteiger partial charge in [0.25, 0.3) is 0 Å². The summed E-state index contributed by atoms with van der Waals surface area (Å²) in [5.41, 5.74) is 11.8. The van der Waals surface area contributed by atoms with Crippen molar-refractivity contribution in [2.24, 2.45) is 5.92 Å². The van der Waals surface area contributed by atoms with Gasteiger partial charge in [-0.2, -0.15) is 9.97 Å². The maximum atomic E-state index is 5.30. The Hall–Kier alpha value is -6.39. The van der Waals surface area contributed by atoms with E-state index in [0.29, 0.717) is 17.6 Å². The molecule has 4 heteroatoms. The van der Waals surface area contributed by atoms with Crippen LogP contribution < -0.4 is 0 Å². The summed E-state index contributed by atoms with van der Waals surface area (Å²) >= 11 is 0. The molecule has 0 amide bonds. The average Bonchev–Trinajstić information content (AvgIpc) is 3.80. The molecule has 0 aliphatic heterocycles. The zero-order valence-corrected chi connectivity index (χ0v) is 27.1. The van der Waals surface area contributed by atoms with Crippen molar-refractivity contribution >= 4 is 21.8 Å². The number of fused-ring (bicyclic) bond motifs is 14. The molecule has 2 heterocycles. The minimum Gasteiger partial charge on any atom is -0.277 e. The fourth-order valence-electron chi connectivity index (χ4n) is 9.25. The van der Waals surface area contributed by atoms with Crippen molar-refractivity contribution in [3.8, 4) is 39.9 Å². The van der Waals surface area contributed by atoms with Crippen molar-refractivity contribution in [1.29, 1.82) is 0 Å². The molecule has 0 radical (unpaired) electrons. The van der Waals surface area contributed by atoms with Crippen LogP contribution in [0.1, 0.15) is 28.2 Å². The van der Waals surface area contributed by atoms with E-state index in [2.05, 4.69) is 138 Å². The summed E-state index contributed by atoms with van der Waals surface area (Å²) in [6.45, 7) is 0. The topological polar surface area (TPSA) is 43.6 Å². The van der Waals surface area contributed by atoms with Crippen LogP contribution in [-0.4, -0.2) is 19.5 Å². The monoisotopic (exact) mass is 638 g/mol. The van der Waals surface area contributed by atoms with Gasteiger partial charge in [0, 0.05) is 39.3 Å². The summed E-state index contributed by atoms with van der Waals surface area (Å²) in [5.74, 6) is 2.40. The highest BCUT2D eigenvalue weighted by molar-refractivity contribution is 6.13. The molecule has 50 heavy (non-hydrogen) atoms. The van der Waals surface area contributed by atoms with E-state index in [1.165, 1.54) is 44.2 Å². The molecule has 8 aromatic rings.